The number of carbonyl (C=O) groups excluding carboxylic acids is 2. The van der Waals surface area contributed by atoms with Crippen LogP contribution in [0.2, 0.25) is 5.02 Å². The molecule has 1 amide bonds. The van der Waals surface area contributed by atoms with Crippen molar-refractivity contribution in [3.8, 4) is 0 Å². The lowest BCUT2D eigenvalue weighted by molar-refractivity contribution is -0.146. The van der Waals surface area contributed by atoms with E-state index >= 15 is 0 Å². The summed E-state index contributed by atoms with van der Waals surface area (Å²) in [4.78, 5) is 26.4. The Morgan fingerprint density at radius 3 is 2.28 bits per heavy atom. The van der Waals surface area contributed by atoms with Crippen molar-refractivity contribution in [3.05, 3.63) is 28.8 Å². The molecule has 2 aliphatic heterocycles. The first-order valence-corrected chi connectivity index (χ1v) is 11.7. The number of nitrogens with zero attached hydrogens (tertiary/aromatic N) is 2. The molecule has 1 aromatic rings. The van der Waals surface area contributed by atoms with Crippen molar-refractivity contribution >= 4 is 33.5 Å². The van der Waals surface area contributed by atoms with Crippen molar-refractivity contribution in [2.24, 2.45) is 11.8 Å². The molecule has 0 unspecified atom stereocenters. The molecule has 0 spiro atoms. The van der Waals surface area contributed by atoms with E-state index in [0.29, 0.717) is 44.9 Å². The lowest BCUT2D eigenvalue weighted by Gasteiger charge is -2.31. The molecule has 0 aliphatic carbocycles. The van der Waals surface area contributed by atoms with E-state index in [1.807, 2.05) is 0 Å². The molecule has 0 atom stereocenters. The first kappa shape index (κ1) is 22.1. The fraction of sp³-hybridized carbons (Fsp3) is 0.600. The lowest BCUT2D eigenvalue weighted by atomic mass is 9.96. The summed E-state index contributed by atoms with van der Waals surface area (Å²) in [6.45, 7) is 3.88. The van der Waals surface area contributed by atoms with Gasteiger partial charge in [-0.1, -0.05) is 18.5 Å². The maximum atomic E-state index is 13.0. The molecule has 0 aromatic heterocycles. The second-order valence-corrected chi connectivity index (χ2v) is 10.2. The molecule has 2 heterocycles. The Morgan fingerprint density at radius 2 is 1.69 bits per heavy atom. The standard InChI is InChI=1S/C20H27ClN2O5S/c1-14-5-11-23(12-6-14)29(26,27)16-3-4-18(21)17(13-16)19(24)22-9-7-15(8-10-22)20(25)28-2/h3-4,13-15H,5-12H2,1-2H3. The molecule has 29 heavy (non-hydrogen) atoms. The Kier molecular flexibility index (Phi) is 6.86. The van der Waals surface area contributed by atoms with Crippen molar-refractivity contribution < 1.29 is 22.7 Å². The zero-order valence-corrected chi connectivity index (χ0v) is 18.3. The van der Waals surface area contributed by atoms with Crippen LogP contribution in [0.5, 0.6) is 0 Å². The molecule has 2 saturated heterocycles. The summed E-state index contributed by atoms with van der Waals surface area (Å²) in [6, 6.07) is 4.30. The van der Waals surface area contributed by atoms with Gasteiger partial charge in [0.25, 0.3) is 5.91 Å². The summed E-state index contributed by atoms with van der Waals surface area (Å²) < 4.78 is 32.3. The Balaban J connectivity index is 1.77. The second kappa shape index (κ2) is 9.02. The number of likely N-dealkylation sites (tertiary alicyclic amines) is 1. The van der Waals surface area contributed by atoms with Crippen LogP contribution in [-0.2, 0) is 19.6 Å². The molecule has 0 radical (unpaired) electrons. The van der Waals surface area contributed by atoms with Gasteiger partial charge in [0.05, 0.1) is 28.5 Å². The van der Waals surface area contributed by atoms with Gasteiger partial charge in [0, 0.05) is 26.2 Å². The molecule has 9 heteroatoms. The Hall–Kier alpha value is -1.64. The predicted octanol–water partition coefficient (Wildman–Crippen LogP) is 2.79. The van der Waals surface area contributed by atoms with Gasteiger partial charge < -0.3 is 9.64 Å². The van der Waals surface area contributed by atoms with Gasteiger partial charge in [-0.05, 0) is 49.8 Å². The van der Waals surface area contributed by atoms with Crippen LogP contribution in [0.15, 0.2) is 23.1 Å². The minimum atomic E-state index is -3.67. The smallest absolute Gasteiger partial charge is 0.308 e. The van der Waals surface area contributed by atoms with Crippen molar-refractivity contribution in [2.75, 3.05) is 33.3 Å². The van der Waals surface area contributed by atoms with Gasteiger partial charge in [-0.15, -0.1) is 0 Å². The van der Waals surface area contributed by atoms with Gasteiger partial charge in [-0.2, -0.15) is 4.31 Å². The van der Waals surface area contributed by atoms with Gasteiger partial charge in [-0.25, -0.2) is 8.42 Å². The van der Waals surface area contributed by atoms with E-state index < -0.39 is 10.0 Å². The number of carbonyl (C=O) groups is 2. The van der Waals surface area contributed by atoms with E-state index in [-0.39, 0.29) is 33.3 Å². The number of methoxy groups -OCH3 is 1. The highest BCUT2D eigenvalue weighted by molar-refractivity contribution is 7.89. The van der Waals surface area contributed by atoms with E-state index in [9.17, 15) is 18.0 Å². The molecular weight excluding hydrogens is 416 g/mol. The number of esters is 1. The van der Waals surface area contributed by atoms with Gasteiger partial charge in [0.1, 0.15) is 0 Å². The van der Waals surface area contributed by atoms with E-state index in [1.165, 1.54) is 29.6 Å². The summed E-state index contributed by atoms with van der Waals surface area (Å²) in [5.41, 5.74) is 0.176. The highest BCUT2D eigenvalue weighted by Gasteiger charge is 2.32. The molecule has 3 rings (SSSR count). The number of amides is 1. The average molecular weight is 443 g/mol. The summed E-state index contributed by atoms with van der Waals surface area (Å²) >= 11 is 6.24. The molecule has 0 bridgehead atoms. The fourth-order valence-corrected chi connectivity index (χ4v) is 5.55. The molecule has 2 aliphatic rings. The number of sulfonamides is 1. The van der Waals surface area contributed by atoms with Crippen molar-refractivity contribution in [1.82, 2.24) is 9.21 Å². The molecule has 160 valence electrons. The van der Waals surface area contributed by atoms with Gasteiger partial charge in [-0.3, -0.25) is 9.59 Å². The van der Waals surface area contributed by atoms with E-state index in [2.05, 4.69) is 6.92 Å². The highest BCUT2D eigenvalue weighted by Crippen LogP contribution is 2.28. The van der Waals surface area contributed by atoms with Crippen LogP contribution in [0.1, 0.15) is 43.0 Å². The molecule has 0 saturated carbocycles. The average Bonchev–Trinajstić information content (AvgIpc) is 2.73. The summed E-state index contributed by atoms with van der Waals surface area (Å²) in [5, 5.41) is 0.219. The minimum Gasteiger partial charge on any atom is -0.469 e. The first-order valence-electron chi connectivity index (χ1n) is 9.91. The number of benzene rings is 1. The number of halogens is 1. The number of ether oxygens (including phenoxy) is 1. The van der Waals surface area contributed by atoms with Gasteiger partial charge >= 0.3 is 5.97 Å². The molecule has 0 N–H and O–H groups in total. The van der Waals surface area contributed by atoms with E-state index in [1.54, 1.807) is 4.90 Å². The normalized spacial score (nSPS) is 19.9. The summed E-state index contributed by atoms with van der Waals surface area (Å²) in [5.74, 6) is -0.286. The maximum absolute atomic E-state index is 13.0. The fourth-order valence-electron chi connectivity index (χ4n) is 3.86. The van der Waals surface area contributed by atoms with Crippen LogP contribution in [0.25, 0.3) is 0 Å². The predicted molar refractivity (Wildman–Crippen MR) is 109 cm³/mol. The minimum absolute atomic E-state index is 0.0873. The Morgan fingerprint density at radius 1 is 1.07 bits per heavy atom. The van der Waals surface area contributed by atoms with Crippen molar-refractivity contribution in [1.29, 1.82) is 0 Å². The van der Waals surface area contributed by atoms with Crippen LogP contribution in [0, 0.1) is 11.8 Å². The summed E-state index contributed by atoms with van der Waals surface area (Å²) in [6.07, 6.45) is 2.68. The van der Waals surface area contributed by atoms with Gasteiger partial charge in [0.15, 0.2) is 0 Å². The number of piperidine rings is 2. The van der Waals surface area contributed by atoms with Crippen molar-refractivity contribution in [2.45, 2.75) is 37.5 Å². The highest BCUT2D eigenvalue weighted by atomic mass is 35.5. The second-order valence-electron chi connectivity index (χ2n) is 7.82. The van der Waals surface area contributed by atoms with Crippen LogP contribution in [-0.4, -0.2) is 62.8 Å². The van der Waals surface area contributed by atoms with E-state index in [4.69, 9.17) is 16.3 Å². The molecule has 7 nitrogen and oxygen atoms in total. The third-order valence-corrected chi connectivity index (χ3v) is 8.09. The number of rotatable bonds is 4. The van der Waals surface area contributed by atoms with Crippen molar-refractivity contribution in [3.63, 3.8) is 0 Å². The Bertz CT molecular complexity index is 873. The number of hydrogen-bond acceptors (Lipinski definition) is 5. The Labute approximate surface area is 177 Å². The lowest BCUT2D eigenvalue weighted by Crippen LogP contribution is -2.41. The summed E-state index contributed by atoms with van der Waals surface area (Å²) in [7, 11) is -2.31. The zero-order valence-electron chi connectivity index (χ0n) is 16.8. The molecule has 1 aromatic carbocycles. The quantitative estimate of drug-likeness (QED) is 0.669. The maximum Gasteiger partial charge on any atom is 0.308 e. The van der Waals surface area contributed by atoms with Crippen LogP contribution in [0.3, 0.4) is 0 Å². The zero-order chi connectivity index (χ0) is 21.2. The third kappa shape index (κ3) is 4.75. The first-order chi connectivity index (χ1) is 13.7. The third-order valence-electron chi connectivity index (χ3n) is 5.87. The molecule has 2 fully saturated rings. The van der Waals surface area contributed by atoms with Gasteiger partial charge in [0.2, 0.25) is 10.0 Å². The monoisotopic (exact) mass is 442 g/mol. The SMILES string of the molecule is COC(=O)C1CCN(C(=O)c2cc(S(=O)(=O)N3CCC(C)CC3)ccc2Cl)CC1. The van der Waals surface area contributed by atoms with Crippen LogP contribution < -0.4 is 0 Å². The molecular formula is C20H27ClN2O5S. The van der Waals surface area contributed by atoms with Crippen LogP contribution >= 0.6 is 11.6 Å². The van der Waals surface area contributed by atoms with E-state index in [0.717, 1.165) is 12.8 Å². The number of hydrogen-bond donors (Lipinski definition) is 0. The van der Waals surface area contributed by atoms with Crippen LogP contribution in [0.4, 0.5) is 0 Å². The largest absolute Gasteiger partial charge is 0.469 e. The topological polar surface area (TPSA) is 84.0 Å².